The third-order valence-corrected chi connectivity index (χ3v) is 3.93. The molecule has 1 atom stereocenters. The molecule has 1 saturated heterocycles. The number of thioether (sulfide) groups is 1. The van der Waals surface area contributed by atoms with Crippen LogP contribution in [0.4, 0.5) is 5.69 Å². The lowest BCUT2D eigenvalue weighted by Gasteiger charge is -2.20. The lowest BCUT2D eigenvalue weighted by molar-refractivity contribution is -0.385. The van der Waals surface area contributed by atoms with Gasteiger partial charge in [-0.25, -0.2) is 0 Å². The highest BCUT2D eigenvalue weighted by molar-refractivity contribution is 7.99. The van der Waals surface area contributed by atoms with Gasteiger partial charge in [0.15, 0.2) is 0 Å². The summed E-state index contributed by atoms with van der Waals surface area (Å²) in [6.07, 6.45) is 0. The zero-order chi connectivity index (χ0) is 13.8. The van der Waals surface area contributed by atoms with Gasteiger partial charge < -0.3 is 4.90 Å². The van der Waals surface area contributed by atoms with Crippen LogP contribution < -0.4 is 5.32 Å². The summed E-state index contributed by atoms with van der Waals surface area (Å²) in [5, 5.41) is 14.0. The average Bonchev–Trinajstić information content (AvgIpc) is 2.92. The van der Waals surface area contributed by atoms with E-state index in [1.54, 1.807) is 37.0 Å². The van der Waals surface area contributed by atoms with Crippen LogP contribution in [0.15, 0.2) is 24.3 Å². The first-order valence-corrected chi connectivity index (χ1v) is 7.03. The molecule has 1 aliphatic heterocycles. The van der Waals surface area contributed by atoms with Gasteiger partial charge in [0.25, 0.3) is 5.69 Å². The van der Waals surface area contributed by atoms with Crippen LogP contribution in [-0.4, -0.2) is 40.4 Å². The van der Waals surface area contributed by atoms with Gasteiger partial charge in [0, 0.05) is 30.3 Å². The fraction of sp³-hybridized carbons (Fsp3) is 0.417. The molecule has 1 aliphatic rings. The molecule has 0 aliphatic carbocycles. The van der Waals surface area contributed by atoms with Crippen LogP contribution in [0, 0.1) is 10.1 Å². The Morgan fingerprint density at radius 3 is 2.95 bits per heavy atom. The summed E-state index contributed by atoms with van der Waals surface area (Å²) in [6, 6.07) is 6.32. The van der Waals surface area contributed by atoms with Gasteiger partial charge in [0.1, 0.15) is 0 Å². The molecular weight excluding hydrogens is 266 g/mol. The van der Waals surface area contributed by atoms with Gasteiger partial charge in [-0.05, 0) is 0 Å². The van der Waals surface area contributed by atoms with Gasteiger partial charge in [-0.2, -0.15) is 0 Å². The number of hydrogen-bond acceptors (Lipinski definition) is 5. The van der Waals surface area contributed by atoms with Crippen LogP contribution in [0.2, 0.25) is 0 Å². The van der Waals surface area contributed by atoms with Crippen molar-refractivity contribution in [2.45, 2.75) is 12.6 Å². The number of amides is 1. The van der Waals surface area contributed by atoms with Crippen molar-refractivity contribution in [3.8, 4) is 0 Å². The predicted octanol–water partition coefficient (Wildman–Crippen LogP) is 1.22. The summed E-state index contributed by atoms with van der Waals surface area (Å²) in [5.74, 6) is 1.50. The Kier molecular flexibility index (Phi) is 4.39. The van der Waals surface area contributed by atoms with Crippen molar-refractivity contribution in [1.29, 1.82) is 0 Å². The van der Waals surface area contributed by atoms with Gasteiger partial charge >= 0.3 is 0 Å². The number of carbonyl (C=O) groups excluding carboxylic acids is 1. The maximum Gasteiger partial charge on any atom is 0.274 e. The van der Waals surface area contributed by atoms with E-state index in [4.69, 9.17) is 0 Å². The molecule has 7 heteroatoms. The topological polar surface area (TPSA) is 75.5 Å². The van der Waals surface area contributed by atoms with Crippen molar-refractivity contribution < 1.29 is 9.72 Å². The van der Waals surface area contributed by atoms with Crippen molar-refractivity contribution in [2.24, 2.45) is 0 Å². The summed E-state index contributed by atoms with van der Waals surface area (Å²) in [4.78, 5) is 24.1. The van der Waals surface area contributed by atoms with Gasteiger partial charge in [-0.3, -0.25) is 20.2 Å². The van der Waals surface area contributed by atoms with E-state index in [9.17, 15) is 14.9 Å². The molecule has 6 nitrogen and oxygen atoms in total. The van der Waals surface area contributed by atoms with E-state index in [0.717, 1.165) is 11.6 Å². The second-order valence-corrected chi connectivity index (χ2v) is 5.38. The first kappa shape index (κ1) is 13.8. The fourth-order valence-corrected chi connectivity index (χ4v) is 2.91. The smallest absolute Gasteiger partial charge is 0.274 e. The molecule has 0 radical (unpaired) electrons. The molecule has 0 aromatic heterocycles. The molecular formula is C12H15N3O3S. The number of carbonyl (C=O) groups is 1. The molecule has 1 heterocycles. The molecule has 1 fully saturated rings. The molecule has 1 N–H and O–H groups in total. The Morgan fingerprint density at radius 1 is 1.58 bits per heavy atom. The monoisotopic (exact) mass is 281 g/mol. The molecule has 1 amide bonds. The first-order chi connectivity index (χ1) is 9.09. The highest BCUT2D eigenvalue weighted by Gasteiger charge is 2.26. The van der Waals surface area contributed by atoms with Gasteiger partial charge in [-0.15, -0.1) is 11.8 Å². The molecule has 1 aromatic carbocycles. The Hall–Kier alpha value is -1.60. The number of rotatable bonds is 4. The number of hydrogen-bond donors (Lipinski definition) is 1. The van der Waals surface area contributed by atoms with E-state index in [1.807, 2.05) is 0 Å². The SMILES string of the molecule is CN(Cc1ccccc1[N+](=O)[O-])C(=O)C1CSCN1. The number of nitro benzene ring substituents is 1. The van der Waals surface area contributed by atoms with E-state index in [0.29, 0.717) is 5.56 Å². The fourth-order valence-electron chi connectivity index (χ4n) is 1.98. The second-order valence-electron chi connectivity index (χ2n) is 4.35. The van der Waals surface area contributed by atoms with Gasteiger partial charge in [0.05, 0.1) is 17.5 Å². The van der Waals surface area contributed by atoms with Crippen LogP contribution >= 0.6 is 11.8 Å². The number of benzene rings is 1. The highest BCUT2D eigenvalue weighted by Crippen LogP contribution is 2.20. The van der Waals surface area contributed by atoms with E-state index in [-0.39, 0.29) is 24.2 Å². The van der Waals surface area contributed by atoms with Crippen LogP contribution in [0.1, 0.15) is 5.56 Å². The third kappa shape index (κ3) is 3.24. The number of nitrogens with one attached hydrogen (secondary N) is 1. The van der Waals surface area contributed by atoms with Crippen LogP contribution in [0.25, 0.3) is 0 Å². The summed E-state index contributed by atoms with van der Waals surface area (Å²) >= 11 is 1.68. The van der Waals surface area contributed by atoms with Crippen molar-refractivity contribution in [1.82, 2.24) is 10.2 Å². The molecule has 0 bridgehead atoms. The number of nitro groups is 1. The standard InChI is InChI=1S/C12H15N3O3S/c1-14(12(16)10-7-19-8-13-10)6-9-4-2-3-5-11(9)15(17)18/h2-5,10,13H,6-8H2,1H3. The number of likely N-dealkylation sites (N-methyl/N-ethyl adjacent to an activating group) is 1. The zero-order valence-electron chi connectivity index (χ0n) is 10.5. The third-order valence-electron chi connectivity index (χ3n) is 2.99. The Bertz CT molecular complexity index is 489. The summed E-state index contributed by atoms with van der Waals surface area (Å²) in [7, 11) is 1.67. The maximum absolute atomic E-state index is 12.1. The quantitative estimate of drug-likeness (QED) is 0.663. The molecule has 19 heavy (non-hydrogen) atoms. The Balaban J connectivity index is 2.08. The average molecular weight is 281 g/mol. The Labute approximate surface area is 115 Å². The summed E-state index contributed by atoms with van der Waals surface area (Å²) < 4.78 is 0. The lowest BCUT2D eigenvalue weighted by atomic mass is 10.1. The minimum Gasteiger partial charge on any atom is -0.340 e. The highest BCUT2D eigenvalue weighted by atomic mass is 32.2. The van der Waals surface area contributed by atoms with E-state index < -0.39 is 4.92 Å². The van der Waals surface area contributed by atoms with Gasteiger partial charge in [0.2, 0.25) is 5.91 Å². The van der Waals surface area contributed by atoms with E-state index in [2.05, 4.69) is 5.32 Å². The van der Waals surface area contributed by atoms with E-state index >= 15 is 0 Å². The van der Waals surface area contributed by atoms with Crippen LogP contribution in [-0.2, 0) is 11.3 Å². The summed E-state index contributed by atoms with van der Waals surface area (Å²) in [6.45, 7) is 0.249. The van der Waals surface area contributed by atoms with Crippen molar-refractivity contribution >= 4 is 23.4 Å². The number of nitrogens with zero attached hydrogens (tertiary/aromatic N) is 2. The van der Waals surface area contributed by atoms with Crippen molar-refractivity contribution in [2.75, 3.05) is 18.7 Å². The molecule has 0 saturated carbocycles. The molecule has 102 valence electrons. The van der Waals surface area contributed by atoms with Crippen molar-refractivity contribution in [3.05, 3.63) is 39.9 Å². The van der Waals surface area contributed by atoms with E-state index in [1.165, 1.54) is 11.0 Å². The predicted molar refractivity (Wildman–Crippen MR) is 73.8 cm³/mol. The van der Waals surface area contributed by atoms with Crippen molar-refractivity contribution in [3.63, 3.8) is 0 Å². The molecule has 1 unspecified atom stereocenters. The molecule has 1 aromatic rings. The minimum absolute atomic E-state index is 0.0249. The number of para-hydroxylation sites is 1. The zero-order valence-corrected chi connectivity index (χ0v) is 11.4. The second kappa shape index (κ2) is 6.03. The normalized spacial score (nSPS) is 18.3. The lowest BCUT2D eigenvalue weighted by Crippen LogP contribution is -2.42. The Morgan fingerprint density at radius 2 is 2.32 bits per heavy atom. The van der Waals surface area contributed by atoms with Crippen LogP contribution in [0.5, 0.6) is 0 Å². The largest absolute Gasteiger partial charge is 0.340 e. The summed E-state index contributed by atoms with van der Waals surface area (Å²) in [5.41, 5.74) is 0.602. The van der Waals surface area contributed by atoms with Crippen LogP contribution in [0.3, 0.4) is 0 Å². The first-order valence-electron chi connectivity index (χ1n) is 5.88. The molecule has 0 spiro atoms. The molecule has 2 rings (SSSR count). The minimum atomic E-state index is -0.419. The maximum atomic E-state index is 12.1. The van der Waals surface area contributed by atoms with Gasteiger partial charge in [-0.1, -0.05) is 18.2 Å².